The maximum atomic E-state index is 13.0. The predicted octanol–water partition coefficient (Wildman–Crippen LogP) is 17.8. The lowest BCUT2D eigenvalue weighted by Crippen LogP contribution is -2.30. The van der Waals surface area contributed by atoms with Gasteiger partial charge in [-0.15, -0.1) is 0 Å². The first-order valence-electron chi connectivity index (χ1n) is 33.8. The Morgan fingerprint density at radius 3 is 0.845 bits per heavy atom. The van der Waals surface area contributed by atoms with Crippen molar-refractivity contribution in [1.29, 1.82) is 0 Å². The fourth-order valence-electron chi connectivity index (χ4n) is 9.54. The highest BCUT2D eigenvalue weighted by Crippen LogP contribution is 2.45. The Labute approximate surface area is 511 Å². The molecule has 498 valence electrons. The summed E-state index contributed by atoms with van der Waals surface area (Å²) in [5.74, 6) is 0.787. The SMILES string of the molecule is CCC(C)CCCCCCCCCCCCC(=O)O[C@H](COC(=O)CCCCCCCCC(C)C)COP(=O)(O)OC[C@H](O)COP(=O)(O)OC[C@@H](COC(=O)CCCCCCCCCCC(C)CC)OC(=O)CCCCCCCCC(C)C. The van der Waals surface area contributed by atoms with Gasteiger partial charge in [0.1, 0.15) is 19.3 Å². The fourth-order valence-corrected chi connectivity index (χ4v) is 11.1. The molecule has 0 aromatic rings. The predicted molar refractivity (Wildman–Crippen MR) is 335 cm³/mol. The lowest BCUT2D eigenvalue weighted by atomic mass is 9.99. The molecule has 7 atom stereocenters. The molecule has 0 fully saturated rings. The molecule has 84 heavy (non-hydrogen) atoms. The lowest BCUT2D eigenvalue weighted by Gasteiger charge is -2.21. The summed E-state index contributed by atoms with van der Waals surface area (Å²) in [5, 5.41) is 10.5. The van der Waals surface area contributed by atoms with Crippen LogP contribution in [0.4, 0.5) is 0 Å². The first-order chi connectivity index (χ1) is 40.2. The summed E-state index contributed by atoms with van der Waals surface area (Å²) in [5.41, 5.74) is 0. The van der Waals surface area contributed by atoms with Gasteiger partial charge in [0.2, 0.25) is 0 Å². The summed E-state index contributed by atoms with van der Waals surface area (Å²) in [6, 6.07) is 0. The van der Waals surface area contributed by atoms with Crippen LogP contribution in [0.15, 0.2) is 0 Å². The molecule has 19 heteroatoms. The Balaban J connectivity index is 5.24. The molecule has 0 saturated carbocycles. The second kappa shape index (κ2) is 55.2. The molecule has 0 amide bonds. The van der Waals surface area contributed by atoms with Crippen LogP contribution in [0.25, 0.3) is 0 Å². The number of hydrogen-bond acceptors (Lipinski definition) is 15. The zero-order valence-electron chi connectivity index (χ0n) is 54.5. The molecular formula is C65H126O17P2. The summed E-state index contributed by atoms with van der Waals surface area (Å²) >= 11 is 0. The zero-order valence-corrected chi connectivity index (χ0v) is 56.3. The monoisotopic (exact) mass is 1240 g/mol. The van der Waals surface area contributed by atoms with E-state index < -0.39 is 97.5 Å². The van der Waals surface area contributed by atoms with Crippen LogP contribution in [0.1, 0.15) is 312 Å². The smallest absolute Gasteiger partial charge is 0.462 e. The maximum Gasteiger partial charge on any atom is 0.472 e. The fraction of sp³-hybridized carbons (Fsp3) is 0.938. The van der Waals surface area contributed by atoms with E-state index in [0.717, 1.165) is 108 Å². The third kappa shape index (κ3) is 56.6. The number of esters is 4. The number of phosphoric acid groups is 2. The lowest BCUT2D eigenvalue weighted by molar-refractivity contribution is -0.161. The molecule has 0 radical (unpaired) electrons. The average Bonchev–Trinajstić information content (AvgIpc) is 3.59. The number of carbonyl (C=O) groups is 4. The normalized spacial score (nSPS) is 15.1. The molecule has 0 aliphatic heterocycles. The maximum absolute atomic E-state index is 13.0. The van der Waals surface area contributed by atoms with Crippen LogP contribution in [0.5, 0.6) is 0 Å². The van der Waals surface area contributed by atoms with Gasteiger partial charge in [-0.2, -0.15) is 0 Å². The van der Waals surface area contributed by atoms with E-state index in [1.165, 1.54) is 109 Å². The largest absolute Gasteiger partial charge is 0.472 e. The Bertz CT molecular complexity index is 1680. The van der Waals surface area contributed by atoms with Crippen molar-refractivity contribution in [2.75, 3.05) is 39.6 Å². The highest BCUT2D eigenvalue weighted by atomic mass is 31.2. The molecule has 0 spiro atoms. The standard InChI is InChI=1S/C65H126O17P2/c1-9-57(7)43-35-27-17-13-11-12-14-20-31-39-47-64(69)81-60(52-76-63(68)46-38-30-23-21-25-33-41-55(3)4)53-79-83(71,72)77-49-59(66)50-78-84(73,74)80-54-61(82-65(70)48-40-32-24-22-26-34-42-56(5)6)51-75-62(67)45-37-29-19-16-15-18-28-36-44-58(8)10-2/h55-61,66H,9-54H2,1-8H3,(H,71,72)(H,73,74)/t57?,58?,59-,60+,61+/m0/s1. The van der Waals surface area contributed by atoms with Gasteiger partial charge in [-0.3, -0.25) is 37.3 Å². The van der Waals surface area contributed by atoms with Crippen LogP contribution in [0, 0.1) is 23.7 Å². The van der Waals surface area contributed by atoms with Gasteiger partial charge in [-0.25, -0.2) is 9.13 Å². The second-order valence-electron chi connectivity index (χ2n) is 24.9. The van der Waals surface area contributed by atoms with Crippen LogP contribution in [-0.2, 0) is 65.4 Å². The van der Waals surface area contributed by atoms with Gasteiger partial charge in [0.15, 0.2) is 12.2 Å². The van der Waals surface area contributed by atoms with Gasteiger partial charge < -0.3 is 33.8 Å². The molecule has 0 aliphatic rings. The number of rotatable bonds is 62. The van der Waals surface area contributed by atoms with Crippen molar-refractivity contribution in [2.45, 2.75) is 331 Å². The highest BCUT2D eigenvalue weighted by Gasteiger charge is 2.30. The van der Waals surface area contributed by atoms with E-state index in [4.69, 9.17) is 37.0 Å². The van der Waals surface area contributed by atoms with E-state index in [1.807, 2.05) is 0 Å². The van der Waals surface area contributed by atoms with Crippen LogP contribution in [0.2, 0.25) is 0 Å². The summed E-state index contributed by atoms with van der Waals surface area (Å²) in [6.45, 7) is 14.0. The number of phosphoric ester groups is 2. The minimum absolute atomic E-state index is 0.101. The van der Waals surface area contributed by atoms with Crippen LogP contribution < -0.4 is 0 Å². The van der Waals surface area contributed by atoms with Crippen molar-refractivity contribution in [2.24, 2.45) is 23.7 Å². The second-order valence-corrected chi connectivity index (χ2v) is 27.8. The topological polar surface area (TPSA) is 237 Å². The molecule has 4 unspecified atom stereocenters. The van der Waals surface area contributed by atoms with E-state index in [9.17, 15) is 43.2 Å². The summed E-state index contributed by atoms with van der Waals surface area (Å²) in [6.07, 6.45) is 35.0. The third-order valence-electron chi connectivity index (χ3n) is 15.5. The average molecular weight is 1240 g/mol. The molecule has 17 nitrogen and oxygen atoms in total. The van der Waals surface area contributed by atoms with Crippen molar-refractivity contribution in [3.8, 4) is 0 Å². The summed E-state index contributed by atoms with van der Waals surface area (Å²) in [4.78, 5) is 72.2. The number of hydrogen-bond donors (Lipinski definition) is 3. The zero-order chi connectivity index (χ0) is 62.5. The number of unbranched alkanes of at least 4 members (excludes halogenated alkanes) is 26. The van der Waals surface area contributed by atoms with Crippen LogP contribution >= 0.6 is 15.6 Å². The van der Waals surface area contributed by atoms with E-state index >= 15 is 0 Å². The van der Waals surface area contributed by atoms with Gasteiger partial charge in [-0.05, 0) is 49.4 Å². The Kier molecular flexibility index (Phi) is 53.9. The molecule has 0 bridgehead atoms. The van der Waals surface area contributed by atoms with Crippen molar-refractivity contribution in [3.63, 3.8) is 0 Å². The van der Waals surface area contributed by atoms with Gasteiger partial charge in [-0.1, -0.05) is 261 Å². The molecule has 0 aromatic carbocycles. The van der Waals surface area contributed by atoms with E-state index in [1.54, 1.807) is 0 Å². The third-order valence-corrected chi connectivity index (χ3v) is 17.4. The molecule has 0 aliphatic carbocycles. The van der Waals surface area contributed by atoms with Crippen LogP contribution in [0.3, 0.4) is 0 Å². The molecule has 0 aromatic heterocycles. The number of aliphatic hydroxyl groups is 1. The number of ether oxygens (including phenoxy) is 4. The minimum atomic E-state index is -4.95. The Morgan fingerprint density at radius 2 is 0.571 bits per heavy atom. The Morgan fingerprint density at radius 1 is 0.333 bits per heavy atom. The highest BCUT2D eigenvalue weighted by molar-refractivity contribution is 7.47. The summed E-state index contributed by atoms with van der Waals surface area (Å²) in [7, 11) is -9.89. The summed E-state index contributed by atoms with van der Waals surface area (Å²) < 4.78 is 68.0. The molecule has 3 N–H and O–H groups in total. The van der Waals surface area contributed by atoms with E-state index in [0.29, 0.717) is 37.5 Å². The van der Waals surface area contributed by atoms with Crippen molar-refractivity contribution in [1.82, 2.24) is 0 Å². The Hall–Kier alpha value is -1.94. The quantitative estimate of drug-likeness (QED) is 0.0222. The molecule has 0 saturated heterocycles. The minimum Gasteiger partial charge on any atom is -0.462 e. The number of aliphatic hydroxyl groups excluding tert-OH is 1. The van der Waals surface area contributed by atoms with Crippen molar-refractivity contribution >= 4 is 39.5 Å². The van der Waals surface area contributed by atoms with Gasteiger partial charge >= 0.3 is 39.5 Å². The van der Waals surface area contributed by atoms with E-state index in [2.05, 4.69) is 55.4 Å². The van der Waals surface area contributed by atoms with Gasteiger partial charge in [0.25, 0.3) is 0 Å². The molecular weight excluding hydrogens is 1110 g/mol. The number of carbonyl (C=O) groups excluding carboxylic acids is 4. The molecule has 0 heterocycles. The first-order valence-corrected chi connectivity index (χ1v) is 36.8. The first kappa shape index (κ1) is 82.1. The van der Waals surface area contributed by atoms with Gasteiger partial charge in [0.05, 0.1) is 26.4 Å². The van der Waals surface area contributed by atoms with Gasteiger partial charge in [0, 0.05) is 25.7 Å². The van der Waals surface area contributed by atoms with Crippen LogP contribution in [-0.4, -0.2) is 96.7 Å². The van der Waals surface area contributed by atoms with Crippen molar-refractivity contribution < 1.29 is 80.2 Å². The molecule has 0 rings (SSSR count). The van der Waals surface area contributed by atoms with E-state index in [-0.39, 0.29) is 25.7 Å². The van der Waals surface area contributed by atoms with Crippen molar-refractivity contribution in [3.05, 3.63) is 0 Å².